The molecule has 21 heavy (non-hydrogen) atoms. The van der Waals surface area contributed by atoms with Gasteiger partial charge in [-0.3, -0.25) is 0 Å². The molecule has 2 fully saturated rings. The van der Waals surface area contributed by atoms with Crippen LogP contribution in [-0.4, -0.2) is 22.6 Å². The minimum Gasteiger partial charge on any atom is -0.353 e. The Kier molecular flexibility index (Phi) is 4.39. The Bertz CT molecular complexity index is 509. The topological polar surface area (TPSA) is 29.0 Å². The van der Waals surface area contributed by atoms with Crippen molar-refractivity contribution in [3.8, 4) is 0 Å². The fraction of sp³-hybridized carbons (Fsp3) is 0.765. The van der Waals surface area contributed by atoms with Crippen molar-refractivity contribution >= 4 is 17.4 Å². The van der Waals surface area contributed by atoms with E-state index in [-0.39, 0.29) is 0 Å². The smallest absolute Gasteiger partial charge is 0.137 e. The molecule has 1 aromatic heterocycles. The van der Waals surface area contributed by atoms with E-state index in [1.165, 1.54) is 38.5 Å². The number of halogens is 1. The first kappa shape index (κ1) is 15.1. The molecule has 1 unspecified atom stereocenters. The number of hydrogen-bond acceptors (Lipinski definition) is 3. The molecule has 3 rings (SSSR count). The Morgan fingerprint density at radius 2 is 1.81 bits per heavy atom. The van der Waals surface area contributed by atoms with Crippen molar-refractivity contribution < 1.29 is 0 Å². The minimum absolute atomic E-state index is 0.314. The van der Waals surface area contributed by atoms with Gasteiger partial charge >= 0.3 is 0 Å². The molecule has 2 heterocycles. The molecule has 1 aliphatic heterocycles. The summed E-state index contributed by atoms with van der Waals surface area (Å²) in [7, 11) is 0. The summed E-state index contributed by atoms with van der Waals surface area (Å²) in [5, 5.41) is 0.626. The number of hydrogen-bond donors (Lipinski definition) is 0. The second-order valence-electron chi connectivity index (χ2n) is 6.92. The maximum Gasteiger partial charge on any atom is 0.137 e. The van der Waals surface area contributed by atoms with Gasteiger partial charge in [-0.2, -0.15) is 0 Å². The molecule has 2 aliphatic rings. The third-order valence-corrected chi connectivity index (χ3v) is 5.48. The molecule has 0 radical (unpaired) electrons. The van der Waals surface area contributed by atoms with Crippen LogP contribution in [0.1, 0.15) is 69.7 Å². The van der Waals surface area contributed by atoms with Crippen molar-refractivity contribution in [1.82, 2.24) is 9.97 Å². The lowest BCUT2D eigenvalue weighted by molar-refractivity contribution is 0.428. The van der Waals surface area contributed by atoms with E-state index in [1.54, 1.807) is 0 Å². The van der Waals surface area contributed by atoms with Gasteiger partial charge in [-0.25, -0.2) is 9.97 Å². The molecular weight excluding hydrogens is 282 g/mol. The van der Waals surface area contributed by atoms with Crippen LogP contribution in [0, 0.1) is 12.8 Å². The molecule has 4 heteroatoms. The van der Waals surface area contributed by atoms with Crippen LogP contribution in [0.15, 0.2) is 0 Å². The Hall–Kier alpha value is -0.830. The largest absolute Gasteiger partial charge is 0.353 e. The zero-order valence-electron chi connectivity index (χ0n) is 13.4. The summed E-state index contributed by atoms with van der Waals surface area (Å²) in [5.41, 5.74) is 1.05. The van der Waals surface area contributed by atoms with Crippen LogP contribution in [-0.2, 0) is 0 Å². The average Bonchev–Trinajstić information content (AvgIpc) is 3.10. The molecule has 1 aliphatic carbocycles. The van der Waals surface area contributed by atoms with Crippen LogP contribution >= 0.6 is 11.6 Å². The predicted molar refractivity (Wildman–Crippen MR) is 88.2 cm³/mol. The second kappa shape index (κ2) is 6.12. The van der Waals surface area contributed by atoms with E-state index in [2.05, 4.69) is 30.7 Å². The Morgan fingerprint density at radius 1 is 1.10 bits per heavy atom. The van der Waals surface area contributed by atoms with E-state index in [9.17, 15) is 0 Å². The van der Waals surface area contributed by atoms with Crippen molar-refractivity contribution in [3.05, 3.63) is 16.5 Å². The lowest BCUT2D eigenvalue weighted by atomic mass is 9.96. The third-order valence-electron chi connectivity index (χ3n) is 5.11. The molecular formula is C17H26ClN3. The quantitative estimate of drug-likeness (QED) is 0.757. The molecule has 1 aromatic rings. The second-order valence-corrected chi connectivity index (χ2v) is 7.28. The van der Waals surface area contributed by atoms with Gasteiger partial charge in [0.25, 0.3) is 0 Å². The van der Waals surface area contributed by atoms with Crippen molar-refractivity contribution in [3.63, 3.8) is 0 Å². The summed E-state index contributed by atoms with van der Waals surface area (Å²) in [6, 6.07) is 0.664. The Morgan fingerprint density at radius 3 is 2.48 bits per heavy atom. The first-order chi connectivity index (χ1) is 10.1. The molecule has 1 saturated carbocycles. The zero-order chi connectivity index (χ0) is 15.0. The first-order valence-corrected chi connectivity index (χ1v) is 8.76. The third kappa shape index (κ3) is 2.90. The van der Waals surface area contributed by atoms with Crippen LogP contribution in [0.3, 0.4) is 0 Å². The molecule has 3 nitrogen and oxygen atoms in total. The van der Waals surface area contributed by atoms with E-state index in [1.807, 2.05) is 0 Å². The van der Waals surface area contributed by atoms with Crippen molar-refractivity contribution in [2.75, 3.05) is 11.4 Å². The highest BCUT2D eigenvalue weighted by Gasteiger charge is 2.35. The lowest BCUT2D eigenvalue weighted by Crippen LogP contribution is -2.36. The highest BCUT2D eigenvalue weighted by atomic mass is 35.5. The molecule has 0 amide bonds. The standard InChI is InChI=1S/C17H26ClN3/c1-11(2)16-19-15(18)12(3)17(20-16)21-10-6-9-14(21)13-7-4-5-8-13/h11,13-14H,4-10H2,1-3H3. The van der Waals surface area contributed by atoms with Gasteiger partial charge in [-0.1, -0.05) is 38.3 Å². The maximum absolute atomic E-state index is 6.37. The fourth-order valence-corrected chi connectivity index (χ4v) is 4.09. The summed E-state index contributed by atoms with van der Waals surface area (Å²) in [4.78, 5) is 11.9. The van der Waals surface area contributed by atoms with Gasteiger partial charge in [-0.15, -0.1) is 0 Å². The van der Waals surface area contributed by atoms with Crippen molar-refractivity contribution in [2.24, 2.45) is 5.92 Å². The number of nitrogens with zero attached hydrogens (tertiary/aromatic N) is 3. The van der Waals surface area contributed by atoms with Crippen LogP contribution < -0.4 is 4.90 Å². The number of aromatic nitrogens is 2. The molecule has 116 valence electrons. The fourth-order valence-electron chi connectivity index (χ4n) is 3.92. The van der Waals surface area contributed by atoms with Crippen LogP contribution in [0.5, 0.6) is 0 Å². The summed E-state index contributed by atoms with van der Waals surface area (Å²) < 4.78 is 0. The molecule has 1 saturated heterocycles. The highest BCUT2D eigenvalue weighted by molar-refractivity contribution is 6.30. The van der Waals surface area contributed by atoms with Gasteiger partial charge in [0.15, 0.2) is 0 Å². The monoisotopic (exact) mass is 307 g/mol. The summed E-state index contributed by atoms with van der Waals surface area (Å²) >= 11 is 6.37. The van der Waals surface area contributed by atoms with Crippen LogP contribution in [0.2, 0.25) is 5.15 Å². The van der Waals surface area contributed by atoms with Gasteiger partial charge in [0.05, 0.1) is 0 Å². The van der Waals surface area contributed by atoms with E-state index in [0.717, 1.165) is 29.7 Å². The van der Waals surface area contributed by atoms with Gasteiger partial charge in [0, 0.05) is 24.1 Å². The van der Waals surface area contributed by atoms with E-state index >= 15 is 0 Å². The van der Waals surface area contributed by atoms with Crippen LogP contribution in [0.4, 0.5) is 5.82 Å². The first-order valence-electron chi connectivity index (χ1n) is 8.38. The summed E-state index contributed by atoms with van der Waals surface area (Å²) in [6.07, 6.45) is 8.15. The Labute approximate surface area is 133 Å². The van der Waals surface area contributed by atoms with E-state index in [4.69, 9.17) is 16.6 Å². The van der Waals surface area contributed by atoms with Gasteiger partial charge in [0.1, 0.15) is 16.8 Å². The maximum atomic E-state index is 6.37. The molecule has 1 atom stereocenters. The molecule has 0 N–H and O–H groups in total. The van der Waals surface area contributed by atoms with Crippen molar-refractivity contribution in [1.29, 1.82) is 0 Å². The number of rotatable bonds is 3. The molecule has 0 bridgehead atoms. The summed E-state index contributed by atoms with van der Waals surface area (Å²) in [5.74, 6) is 3.13. The highest BCUT2D eigenvalue weighted by Crippen LogP contribution is 2.39. The minimum atomic E-state index is 0.314. The lowest BCUT2D eigenvalue weighted by Gasteiger charge is -2.32. The molecule has 0 aromatic carbocycles. The molecule has 0 spiro atoms. The zero-order valence-corrected chi connectivity index (χ0v) is 14.2. The SMILES string of the molecule is Cc1c(Cl)nc(C(C)C)nc1N1CCCC1C1CCCC1. The predicted octanol–water partition coefficient (Wildman–Crippen LogP) is 4.72. The van der Waals surface area contributed by atoms with Gasteiger partial charge in [-0.05, 0) is 38.5 Å². The van der Waals surface area contributed by atoms with Crippen LogP contribution in [0.25, 0.3) is 0 Å². The average molecular weight is 308 g/mol. The van der Waals surface area contributed by atoms with Gasteiger partial charge < -0.3 is 4.90 Å². The normalized spacial score (nSPS) is 23.5. The summed E-state index contributed by atoms with van der Waals surface area (Å²) in [6.45, 7) is 7.44. The van der Waals surface area contributed by atoms with E-state index in [0.29, 0.717) is 17.1 Å². The Balaban J connectivity index is 1.94. The van der Waals surface area contributed by atoms with Crippen molar-refractivity contribution in [2.45, 2.75) is 71.3 Å². The number of anilines is 1. The van der Waals surface area contributed by atoms with Gasteiger partial charge in [0.2, 0.25) is 0 Å². The van der Waals surface area contributed by atoms with E-state index < -0.39 is 0 Å².